The van der Waals surface area contributed by atoms with Crippen molar-refractivity contribution in [2.24, 2.45) is 0 Å². The van der Waals surface area contributed by atoms with Crippen LogP contribution in [0.5, 0.6) is 0 Å². The van der Waals surface area contributed by atoms with Crippen LogP contribution in [0.2, 0.25) is 0 Å². The Morgan fingerprint density at radius 2 is 2.16 bits per heavy atom. The summed E-state index contributed by atoms with van der Waals surface area (Å²) in [4.78, 5) is 2.48. The third kappa shape index (κ3) is 2.92. The molecule has 0 spiro atoms. The zero-order valence-corrected chi connectivity index (χ0v) is 11.7. The molecule has 1 N–H and O–H groups in total. The molecule has 0 bridgehead atoms. The SMILES string of the molecule is CCC1CCCN1c1ccc(F)cc1CNC1CC1. The average Bonchev–Trinajstić information content (AvgIpc) is 3.13. The highest BCUT2D eigenvalue weighted by molar-refractivity contribution is 5.55. The van der Waals surface area contributed by atoms with E-state index in [4.69, 9.17) is 0 Å². The predicted molar refractivity (Wildman–Crippen MR) is 76.9 cm³/mol. The number of nitrogens with zero attached hydrogens (tertiary/aromatic N) is 1. The second-order valence-electron chi connectivity index (χ2n) is 5.83. The fourth-order valence-electron chi connectivity index (χ4n) is 3.09. The molecule has 2 fully saturated rings. The van der Waals surface area contributed by atoms with Gasteiger partial charge in [0.1, 0.15) is 5.82 Å². The number of hydrogen-bond acceptors (Lipinski definition) is 2. The highest BCUT2D eigenvalue weighted by Gasteiger charge is 2.26. The van der Waals surface area contributed by atoms with Crippen LogP contribution in [-0.4, -0.2) is 18.6 Å². The minimum absolute atomic E-state index is 0.122. The van der Waals surface area contributed by atoms with Gasteiger partial charge in [0.15, 0.2) is 0 Å². The molecule has 1 aliphatic carbocycles. The van der Waals surface area contributed by atoms with Crippen LogP contribution >= 0.6 is 0 Å². The van der Waals surface area contributed by atoms with Gasteiger partial charge >= 0.3 is 0 Å². The van der Waals surface area contributed by atoms with E-state index in [9.17, 15) is 4.39 Å². The smallest absolute Gasteiger partial charge is 0.123 e. The summed E-state index contributed by atoms with van der Waals surface area (Å²) in [7, 11) is 0. The van der Waals surface area contributed by atoms with Crippen LogP contribution in [0.15, 0.2) is 18.2 Å². The monoisotopic (exact) mass is 262 g/mol. The second kappa shape index (κ2) is 5.49. The number of halogens is 1. The summed E-state index contributed by atoms with van der Waals surface area (Å²) in [5.41, 5.74) is 2.35. The van der Waals surface area contributed by atoms with Gasteiger partial charge in [-0.1, -0.05) is 6.92 Å². The summed E-state index contributed by atoms with van der Waals surface area (Å²) < 4.78 is 13.5. The third-order valence-corrected chi connectivity index (χ3v) is 4.36. The van der Waals surface area contributed by atoms with E-state index < -0.39 is 0 Å². The van der Waals surface area contributed by atoms with Crippen LogP contribution in [0.4, 0.5) is 10.1 Å². The van der Waals surface area contributed by atoms with Crippen molar-refractivity contribution in [2.45, 2.75) is 57.7 Å². The molecule has 1 aromatic rings. The van der Waals surface area contributed by atoms with Crippen molar-refractivity contribution in [2.75, 3.05) is 11.4 Å². The first kappa shape index (κ1) is 12.9. The van der Waals surface area contributed by atoms with Gasteiger partial charge in [0.25, 0.3) is 0 Å². The summed E-state index contributed by atoms with van der Waals surface area (Å²) in [5.74, 6) is -0.122. The van der Waals surface area contributed by atoms with Gasteiger partial charge in [-0.3, -0.25) is 0 Å². The van der Waals surface area contributed by atoms with Crippen LogP contribution in [0.3, 0.4) is 0 Å². The van der Waals surface area contributed by atoms with Crippen molar-refractivity contribution >= 4 is 5.69 Å². The first-order chi connectivity index (χ1) is 9.28. The van der Waals surface area contributed by atoms with E-state index in [0.29, 0.717) is 12.1 Å². The van der Waals surface area contributed by atoms with E-state index in [1.807, 2.05) is 6.07 Å². The molecule has 1 aromatic carbocycles. The molecule has 0 amide bonds. The third-order valence-electron chi connectivity index (χ3n) is 4.36. The Kier molecular flexibility index (Phi) is 3.74. The van der Waals surface area contributed by atoms with E-state index in [2.05, 4.69) is 17.1 Å². The van der Waals surface area contributed by atoms with Crippen LogP contribution in [-0.2, 0) is 6.54 Å². The Labute approximate surface area is 115 Å². The number of rotatable bonds is 5. The van der Waals surface area contributed by atoms with E-state index in [-0.39, 0.29) is 5.82 Å². The zero-order valence-electron chi connectivity index (χ0n) is 11.7. The molecule has 1 heterocycles. The van der Waals surface area contributed by atoms with Crippen molar-refractivity contribution in [3.05, 3.63) is 29.6 Å². The van der Waals surface area contributed by atoms with Gasteiger partial charge in [0.2, 0.25) is 0 Å². The van der Waals surface area contributed by atoms with Crippen molar-refractivity contribution in [3.63, 3.8) is 0 Å². The molecule has 2 aliphatic rings. The van der Waals surface area contributed by atoms with E-state index in [0.717, 1.165) is 18.7 Å². The van der Waals surface area contributed by atoms with Crippen molar-refractivity contribution in [1.82, 2.24) is 5.32 Å². The molecule has 104 valence electrons. The molecule has 3 rings (SSSR count). The van der Waals surface area contributed by atoms with Gasteiger partial charge in [-0.25, -0.2) is 4.39 Å². The van der Waals surface area contributed by atoms with Crippen molar-refractivity contribution in [3.8, 4) is 0 Å². The summed E-state index contributed by atoms with van der Waals surface area (Å²) in [6.45, 7) is 4.15. The van der Waals surface area contributed by atoms with Crippen LogP contribution < -0.4 is 10.2 Å². The maximum atomic E-state index is 13.5. The van der Waals surface area contributed by atoms with Gasteiger partial charge in [-0.15, -0.1) is 0 Å². The van der Waals surface area contributed by atoms with Gasteiger partial charge in [-0.05, 0) is 55.9 Å². The molecule has 1 aliphatic heterocycles. The summed E-state index contributed by atoms with van der Waals surface area (Å²) in [6, 6.07) is 6.56. The molecule has 2 nitrogen and oxygen atoms in total. The van der Waals surface area contributed by atoms with E-state index in [1.54, 1.807) is 12.1 Å². The van der Waals surface area contributed by atoms with E-state index in [1.165, 1.54) is 37.8 Å². The molecule has 1 atom stereocenters. The summed E-state index contributed by atoms with van der Waals surface area (Å²) in [5, 5.41) is 3.50. The zero-order chi connectivity index (χ0) is 13.2. The predicted octanol–water partition coefficient (Wildman–Crippen LogP) is 3.46. The fraction of sp³-hybridized carbons (Fsp3) is 0.625. The molecule has 3 heteroatoms. The lowest BCUT2D eigenvalue weighted by Gasteiger charge is -2.28. The number of benzene rings is 1. The molecule has 0 radical (unpaired) electrons. The molecule has 19 heavy (non-hydrogen) atoms. The quantitative estimate of drug-likeness (QED) is 0.874. The van der Waals surface area contributed by atoms with Gasteiger partial charge < -0.3 is 10.2 Å². The Morgan fingerprint density at radius 1 is 1.32 bits per heavy atom. The van der Waals surface area contributed by atoms with Crippen LogP contribution in [0, 0.1) is 5.82 Å². The van der Waals surface area contributed by atoms with Crippen molar-refractivity contribution < 1.29 is 4.39 Å². The minimum Gasteiger partial charge on any atom is -0.368 e. The highest BCUT2D eigenvalue weighted by Crippen LogP contribution is 2.31. The highest BCUT2D eigenvalue weighted by atomic mass is 19.1. The summed E-state index contributed by atoms with van der Waals surface area (Å²) >= 11 is 0. The molecular formula is C16H23FN2. The van der Waals surface area contributed by atoms with Crippen LogP contribution in [0.1, 0.15) is 44.6 Å². The fourth-order valence-corrected chi connectivity index (χ4v) is 3.09. The lowest BCUT2D eigenvalue weighted by atomic mass is 10.1. The standard InChI is InChI=1S/C16H23FN2/c1-2-15-4-3-9-19(15)16-8-5-13(17)10-12(16)11-18-14-6-7-14/h5,8,10,14-15,18H,2-4,6-7,9,11H2,1H3. The maximum absolute atomic E-state index is 13.5. The molecule has 1 saturated heterocycles. The van der Waals surface area contributed by atoms with Gasteiger partial charge in [0, 0.05) is 30.9 Å². The van der Waals surface area contributed by atoms with Crippen LogP contribution in [0.25, 0.3) is 0 Å². The van der Waals surface area contributed by atoms with Gasteiger partial charge in [-0.2, -0.15) is 0 Å². The molecule has 0 aromatic heterocycles. The van der Waals surface area contributed by atoms with Crippen molar-refractivity contribution in [1.29, 1.82) is 0 Å². The lowest BCUT2D eigenvalue weighted by molar-refractivity contribution is 0.612. The Bertz CT molecular complexity index is 442. The first-order valence-corrected chi connectivity index (χ1v) is 7.56. The Hall–Kier alpha value is -1.09. The molecule has 1 saturated carbocycles. The lowest BCUT2D eigenvalue weighted by Crippen LogP contribution is -2.30. The first-order valence-electron chi connectivity index (χ1n) is 7.56. The summed E-state index contributed by atoms with van der Waals surface area (Å²) in [6.07, 6.45) is 6.24. The van der Waals surface area contributed by atoms with Gasteiger partial charge in [0.05, 0.1) is 0 Å². The molecule has 1 unspecified atom stereocenters. The normalized spacial score (nSPS) is 23.1. The maximum Gasteiger partial charge on any atom is 0.123 e. The minimum atomic E-state index is -0.122. The van der Waals surface area contributed by atoms with E-state index >= 15 is 0 Å². The largest absolute Gasteiger partial charge is 0.368 e. The average molecular weight is 262 g/mol. The molecular weight excluding hydrogens is 239 g/mol. The second-order valence-corrected chi connectivity index (χ2v) is 5.83. The number of anilines is 1. The Morgan fingerprint density at radius 3 is 2.89 bits per heavy atom. The Balaban J connectivity index is 1.81. The number of nitrogens with one attached hydrogen (secondary N) is 1. The number of hydrogen-bond donors (Lipinski definition) is 1. The topological polar surface area (TPSA) is 15.3 Å².